The molecule has 3 rings (SSSR count). The molecule has 0 spiro atoms. The van der Waals surface area contributed by atoms with Gasteiger partial charge >= 0.3 is 0 Å². The summed E-state index contributed by atoms with van der Waals surface area (Å²) >= 11 is 5.28. The number of anilines is 2. The van der Waals surface area contributed by atoms with E-state index >= 15 is 0 Å². The maximum absolute atomic E-state index is 12.4. The van der Waals surface area contributed by atoms with Crippen LogP contribution < -0.4 is 15.4 Å². The molecule has 0 aliphatic rings. The molecule has 0 fully saturated rings. The second-order valence-electron chi connectivity index (χ2n) is 6.13. The Labute approximate surface area is 174 Å². The van der Waals surface area contributed by atoms with Crippen molar-refractivity contribution in [2.24, 2.45) is 0 Å². The first-order valence-corrected chi connectivity index (χ1v) is 10.8. The topological polar surface area (TPSA) is 114 Å². The van der Waals surface area contributed by atoms with Gasteiger partial charge in [-0.05, 0) is 62.0 Å². The summed E-state index contributed by atoms with van der Waals surface area (Å²) in [5.41, 5.74) is 1.80. The third kappa shape index (κ3) is 5.96. The van der Waals surface area contributed by atoms with Crippen molar-refractivity contribution in [3.8, 4) is 0 Å². The zero-order valence-corrected chi connectivity index (χ0v) is 17.4. The average Bonchev–Trinajstić information content (AvgIpc) is 3.11. The maximum Gasteiger partial charge on any atom is 0.264 e. The summed E-state index contributed by atoms with van der Waals surface area (Å²) in [7, 11) is -3.76. The fourth-order valence-electron chi connectivity index (χ4n) is 2.49. The first kappa shape index (κ1) is 20.7. The molecule has 3 N–H and O–H groups in total. The lowest BCUT2D eigenvalue weighted by Gasteiger charge is -2.12. The van der Waals surface area contributed by atoms with Crippen LogP contribution in [-0.4, -0.2) is 39.8 Å². The summed E-state index contributed by atoms with van der Waals surface area (Å²) in [5.74, 6) is 0.0189. The summed E-state index contributed by atoms with van der Waals surface area (Å²) in [6, 6.07) is 9.82. The zero-order valence-electron chi connectivity index (χ0n) is 15.7. The predicted molar refractivity (Wildman–Crippen MR) is 115 cm³/mol. The fraction of sp³-hybridized carbons (Fsp3) is 0.222. The van der Waals surface area contributed by atoms with Crippen molar-refractivity contribution in [3.63, 3.8) is 0 Å². The minimum Gasteiger partial charge on any atom is -0.362 e. The van der Waals surface area contributed by atoms with Crippen LogP contribution in [0.4, 0.5) is 11.6 Å². The summed E-state index contributed by atoms with van der Waals surface area (Å²) in [6.45, 7) is 3.51. The van der Waals surface area contributed by atoms with Gasteiger partial charge in [-0.2, -0.15) is 5.10 Å². The number of nitrogens with zero attached hydrogens (tertiary/aromatic N) is 4. The molecule has 0 saturated carbocycles. The monoisotopic (exact) mass is 431 g/mol. The van der Waals surface area contributed by atoms with E-state index in [4.69, 9.17) is 12.2 Å². The number of rotatable bonds is 8. The highest BCUT2D eigenvalue weighted by Gasteiger charge is 2.15. The van der Waals surface area contributed by atoms with Gasteiger partial charge in [-0.3, -0.25) is 4.68 Å². The molecule has 0 unspecified atom stereocenters. The van der Waals surface area contributed by atoms with Crippen molar-refractivity contribution in [1.29, 1.82) is 0 Å². The van der Waals surface area contributed by atoms with Gasteiger partial charge in [0.15, 0.2) is 5.11 Å². The molecule has 0 saturated heterocycles. The Balaban J connectivity index is 1.48. The van der Waals surface area contributed by atoms with Crippen molar-refractivity contribution >= 4 is 39.0 Å². The van der Waals surface area contributed by atoms with Crippen LogP contribution in [0.3, 0.4) is 0 Å². The largest absolute Gasteiger partial charge is 0.362 e. The van der Waals surface area contributed by atoms with E-state index in [1.807, 2.05) is 17.7 Å². The number of hydrogen-bond acceptors (Lipinski definition) is 6. The highest BCUT2D eigenvalue weighted by molar-refractivity contribution is 7.92. The second kappa shape index (κ2) is 9.43. The predicted octanol–water partition coefficient (Wildman–Crippen LogP) is 2.16. The van der Waals surface area contributed by atoms with Crippen LogP contribution in [0.15, 0.2) is 59.9 Å². The summed E-state index contributed by atoms with van der Waals surface area (Å²) < 4.78 is 29.0. The molecule has 1 aromatic carbocycles. The minimum atomic E-state index is -3.76. The standard InChI is InChI=1S/C18H21N7O2S2/c1-14-8-12-22-25(14)13-3-11-21-18(28)23-15-4-6-16(7-5-15)29(26,27)24-17-19-9-2-10-20-17/h2,4-10,12H,3,11,13H2,1H3,(H,19,20,24)(H2,21,23,28). The van der Waals surface area contributed by atoms with E-state index in [2.05, 4.69) is 30.4 Å². The quantitative estimate of drug-likeness (QED) is 0.367. The van der Waals surface area contributed by atoms with E-state index in [1.165, 1.54) is 24.5 Å². The number of aromatic nitrogens is 4. The lowest BCUT2D eigenvalue weighted by atomic mass is 10.3. The minimum absolute atomic E-state index is 0.0189. The van der Waals surface area contributed by atoms with Crippen molar-refractivity contribution in [3.05, 3.63) is 60.7 Å². The van der Waals surface area contributed by atoms with Crippen molar-refractivity contribution in [1.82, 2.24) is 25.1 Å². The molecule has 0 amide bonds. The summed E-state index contributed by atoms with van der Waals surface area (Å²) in [4.78, 5) is 7.82. The van der Waals surface area contributed by atoms with Crippen LogP contribution in [0.2, 0.25) is 0 Å². The molecular formula is C18H21N7O2S2. The van der Waals surface area contributed by atoms with Crippen LogP contribution in [0.25, 0.3) is 0 Å². The van der Waals surface area contributed by atoms with E-state index in [0.29, 0.717) is 17.3 Å². The molecular weight excluding hydrogens is 410 g/mol. The lowest BCUT2D eigenvalue weighted by molar-refractivity contribution is 0.561. The van der Waals surface area contributed by atoms with E-state index in [-0.39, 0.29) is 10.8 Å². The molecule has 29 heavy (non-hydrogen) atoms. The molecule has 0 atom stereocenters. The molecule has 0 radical (unpaired) electrons. The Morgan fingerprint density at radius 2 is 1.83 bits per heavy atom. The molecule has 2 heterocycles. The van der Waals surface area contributed by atoms with Gasteiger partial charge in [-0.25, -0.2) is 23.1 Å². The van der Waals surface area contributed by atoms with Gasteiger partial charge in [0.05, 0.1) is 4.90 Å². The Morgan fingerprint density at radius 3 is 2.48 bits per heavy atom. The molecule has 152 valence electrons. The van der Waals surface area contributed by atoms with E-state index in [9.17, 15) is 8.42 Å². The average molecular weight is 432 g/mol. The molecule has 0 aliphatic carbocycles. The van der Waals surface area contributed by atoms with E-state index in [1.54, 1.807) is 24.4 Å². The van der Waals surface area contributed by atoms with Gasteiger partial charge in [0.1, 0.15) is 0 Å². The Morgan fingerprint density at radius 1 is 1.10 bits per heavy atom. The van der Waals surface area contributed by atoms with Gasteiger partial charge in [-0.15, -0.1) is 0 Å². The van der Waals surface area contributed by atoms with Gasteiger partial charge in [0, 0.05) is 43.1 Å². The van der Waals surface area contributed by atoms with Gasteiger partial charge < -0.3 is 10.6 Å². The van der Waals surface area contributed by atoms with Crippen molar-refractivity contribution in [2.75, 3.05) is 16.6 Å². The van der Waals surface area contributed by atoms with Gasteiger partial charge in [0.25, 0.3) is 10.0 Å². The Bertz CT molecular complexity index is 1050. The molecule has 9 nitrogen and oxygen atoms in total. The maximum atomic E-state index is 12.4. The lowest BCUT2D eigenvalue weighted by Crippen LogP contribution is -2.29. The fourth-order valence-corrected chi connectivity index (χ4v) is 3.67. The smallest absolute Gasteiger partial charge is 0.264 e. The highest BCUT2D eigenvalue weighted by atomic mass is 32.2. The summed E-state index contributed by atoms with van der Waals surface area (Å²) in [6.07, 6.45) is 5.57. The van der Waals surface area contributed by atoms with Crippen LogP contribution >= 0.6 is 12.2 Å². The number of aryl methyl sites for hydroxylation is 2. The highest BCUT2D eigenvalue weighted by Crippen LogP contribution is 2.16. The molecule has 0 bridgehead atoms. The van der Waals surface area contributed by atoms with Crippen molar-refractivity contribution in [2.45, 2.75) is 24.8 Å². The van der Waals surface area contributed by atoms with Crippen LogP contribution in [0.5, 0.6) is 0 Å². The molecule has 2 aromatic heterocycles. The van der Waals surface area contributed by atoms with E-state index in [0.717, 1.165) is 18.7 Å². The number of sulfonamides is 1. The van der Waals surface area contributed by atoms with Crippen LogP contribution in [-0.2, 0) is 16.6 Å². The number of nitrogens with one attached hydrogen (secondary N) is 3. The second-order valence-corrected chi connectivity index (χ2v) is 8.22. The zero-order chi connectivity index (χ0) is 20.7. The van der Waals surface area contributed by atoms with Gasteiger partial charge in [-0.1, -0.05) is 0 Å². The SMILES string of the molecule is Cc1ccnn1CCCNC(=S)Nc1ccc(S(=O)(=O)Nc2ncccn2)cc1. The van der Waals surface area contributed by atoms with E-state index < -0.39 is 10.0 Å². The number of thiocarbonyl (C=S) groups is 1. The number of hydrogen-bond donors (Lipinski definition) is 3. The van der Waals surface area contributed by atoms with Crippen LogP contribution in [0, 0.1) is 6.92 Å². The first-order valence-electron chi connectivity index (χ1n) is 8.87. The van der Waals surface area contributed by atoms with Crippen LogP contribution in [0.1, 0.15) is 12.1 Å². The first-order chi connectivity index (χ1) is 13.9. The molecule has 11 heteroatoms. The Hall–Kier alpha value is -3.05. The molecule has 0 aliphatic heterocycles. The Kier molecular flexibility index (Phi) is 6.73. The summed E-state index contributed by atoms with van der Waals surface area (Å²) in [5, 5.41) is 10.9. The van der Waals surface area contributed by atoms with Gasteiger partial charge in [0.2, 0.25) is 5.95 Å². The number of benzene rings is 1. The third-order valence-corrected chi connectivity index (χ3v) is 5.57. The molecule has 3 aromatic rings. The van der Waals surface area contributed by atoms with Crippen molar-refractivity contribution < 1.29 is 8.42 Å². The third-order valence-electron chi connectivity index (χ3n) is 3.98. The normalized spacial score (nSPS) is 11.1.